The Labute approximate surface area is 191 Å². The zero-order chi connectivity index (χ0) is 22.5. The highest BCUT2D eigenvalue weighted by Crippen LogP contribution is 2.31. The summed E-state index contributed by atoms with van der Waals surface area (Å²) < 4.78 is 27.3. The van der Waals surface area contributed by atoms with Crippen LogP contribution in [-0.4, -0.2) is 42.0 Å². The van der Waals surface area contributed by atoms with E-state index in [0.717, 1.165) is 55.2 Å². The van der Waals surface area contributed by atoms with E-state index in [0.29, 0.717) is 22.7 Å². The molecule has 0 unspecified atom stereocenters. The highest BCUT2D eigenvalue weighted by molar-refractivity contribution is 7.99. The van der Waals surface area contributed by atoms with Gasteiger partial charge in [-0.05, 0) is 62.5 Å². The maximum absolute atomic E-state index is 14.1. The molecular weight excluding hydrogens is 428 g/mol. The monoisotopic (exact) mass is 455 g/mol. The number of benzene rings is 2. The Bertz CT molecular complexity index is 1110. The van der Waals surface area contributed by atoms with Gasteiger partial charge in [-0.3, -0.25) is 4.79 Å². The number of likely N-dealkylation sites (tertiary alicyclic amines) is 1. The van der Waals surface area contributed by atoms with Crippen molar-refractivity contribution in [3.63, 3.8) is 0 Å². The number of para-hydroxylation sites is 1. The molecule has 32 heavy (non-hydrogen) atoms. The zero-order valence-electron chi connectivity index (χ0n) is 18.1. The first-order chi connectivity index (χ1) is 15.5. The number of hydrogen-bond acceptors (Lipinski definition) is 4. The van der Waals surface area contributed by atoms with Crippen LogP contribution in [0.2, 0.25) is 0 Å². The van der Waals surface area contributed by atoms with Crippen LogP contribution in [0.3, 0.4) is 0 Å². The van der Waals surface area contributed by atoms with E-state index in [1.54, 1.807) is 6.07 Å². The molecule has 4 nitrogen and oxygen atoms in total. The fraction of sp³-hybridized carbons (Fsp3) is 0.360. The van der Waals surface area contributed by atoms with E-state index in [9.17, 15) is 13.6 Å². The van der Waals surface area contributed by atoms with Gasteiger partial charge in [0.1, 0.15) is 16.7 Å². The lowest BCUT2D eigenvalue weighted by Crippen LogP contribution is -2.36. The van der Waals surface area contributed by atoms with Gasteiger partial charge < -0.3 is 10.2 Å². The van der Waals surface area contributed by atoms with Crippen molar-refractivity contribution in [2.24, 2.45) is 5.92 Å². The van der Waals surface area contributed by atoms with Crippen molar-refractivity contribution in [3.8, 4) is 0 Å². The maximum Gasteiger partial charge on any atom is 0.252 e. The molecule has 1 N–H and O–H groups in total. The Morgan fingerprint density at radius 2 is 2.06 bits per heavy atom. The molecule has 4 rings (SSSR count). The minimum atomic E-state index is -0.650. The highest BCUT2D eigenvalue weighted by atomic mass is 32.2. The van der Waals surface area contributed by atoms with E-state index < -0.39 is 11.6 Å². The Morgan fingerprint density at radius 3 is 2.88 bits per heavy atom. The van der Waals surface area contributed by atoms with Crippen LogP contribution in [0, 0.1) is 17.6 Å². The van der Waals surface area contributed by atoms with Crippen LogP contribution >= 0.6 is 11.8 Å². The molecule has 0 spiro atoms. The molecule has 0 aliphatic carbocycles. The molecule has 7 heteroatoms. The smallest absolute Gasteiger partial charge is 0.252 e. The van der Waals surface area contributed by atoms with Crippen LogP contribution in [-0.2, 0) is 0 Å². The van der Waals surface area contributed by atoms with Crippen LogP contribution in [0.25, 0.3) is 10.9 Å². The number of aromatic nitrogens is 1. The van der Waals surface area contributed by atoms with Gasteiger partial charge in [0.05, 0.1) is 11.1 Å². The largest absolute Gasteiger partial charge is 0.352 e. The van der Waals surface area contributed by atoms with Gasteiger partial charge >= 0.3 is 0 Å². The van der Waals surface area contributed by atoms with Gasteiger partial charge in [-0.1, -0.05) is 36.9 Å². The minimum absolute atomic E-state index is 0.169. The van der Waals surface area contributed by atoms with Crippen molar-refractivity contribution < 1.29 is 13.6 Å². The Kier molecular flexibility index (Phi) is 7.37. The quantitative estimate of drug-likeness (QED) is 0.477. The summed E-state index contributed by atoms with van der Waals surface area (Å²) in [5.41, 5.74) is 1.17. The number of rotatable bonds is 7. The number of piperidine rings is 1. The maximum atomic E-state index is 14.1. The third kappa shape index (κ3) is 5.64. The second-order valence-electron chi connectivity index (χ2n) is 8.36. The second-order valence-corrected chi connectivity index (χ2v) is 9.42. The number of fused-ring (bicyclic) bond motifs is 1. The van der Waals surface area contributed by atoms with Gasteiger partial charge in [-0.25, -0.2) is 13.8 Å². The molecule has 2 heterocycles. The lowest BCUT2D eigenvalue weighted by Gasteiger charge is -2.30. The molecular formula is C25H27F2N3OS. The SMILES string of the molecule is C[C@@H]1CCCN(CCCNC(=O)c2cc(Sc3ccc(F)cc3F)nc3ccccc23)C1. The number of carbonyl (C=O) groups excluding carboxylic acids is 1. The van der Waals surface area contributed by atoms with Crippen LogP contribution in [0.5, 0.6) is 0 Å². The topological polar surface area (TPSA) is 45.2 Å². The van der Waals surface area contributed by atoms with Crippen molar-refractivity contribution in [1.29, 1.82) is 0 Å². The zero-order valence-corrected chi connectivity index (χ0v) is 18.9. The Hall–Kier alpha value is -2.51. The third-order valence-electron chi connectivity index (χ3n) is 5.72. The normalized spacial score (nSPS) is 16.9. The molecule has 1 aromatic heterocycles. The minimum Gasteiger partial charge on any atom is -0.352 e. The molecule has 0 saturated carbocycles. The van der Waals surface area contributed by atoms with Gasteiger partial charge in [-0.15, -0.1) is 0 Å². The summed E-state index contributed by atoms with van der Waals surface area (Å²) in [6, 6.07) is 12.5. The highest BCUT2D eigenvalue weighted by Gasteiger charge is 2.17. The first-order valence-corrected chi connectivity index (χ1v) is 11.8. The fourth-order valence-corrected chi connectivity index (χ4v) is 4.99. The van der Waals surface area contributed by atoms with E-state index in [1.807, 2.05) is 24.3 Å². The number of pyridine rings is 1. The van der Waals surface area contributed by atoms with Crippen LogP contribution in [0.15, 0.2) is 58.5 Å². The molecule has 2 aromatic carbocycles. The number of amides is 1. The van der Waals surface area contributed by atoms with Crippen molar-refractivity contribution in [2.75, 3.05) is 26.2 Å². The lowest BCUT2D eigenvalue weighted by atomic mass is 10.0. The first kappa shape index (κ1) is 22.7. The van der Waals surface area contributed by atoms with E-state index in [1.165, 1.54) is 25.0 Å². The summed E-state index contributed by atoms with van der Waals surface area (Å²) in [4.78, 5) is 20.3. The molecule has 1 aliphatic heterocycles. The number of nitrogens with one attached hydrogen (secondary N) is 1. The molecule has 1 atom stereocenters. The molecule has 0 radical (unpaired) electrons. The van der Waals surface area contributed by atoms with Crippen LogP contribution in [0.1, 0.15) is 36.5 Å². The summed E-state index contributed by atoms with van der Waals surface area (Å²) in [6.45, 7) is 6.12. The van der Waals surface area contributed by atoms with E-state index in [4.69, 9.17) is 0 Å². The average Bonchev–Trinajstić information content (AvgIpc) is 2.78. The number of hydrogen-bond donors (Lipinski definition) is 1. The molecule has 1 fully saturated rings. The summed E-state index contributed by atoms with van der Waals surface area (Å²) in [7, 11) is 0. The molecule has 168 valence electrons. The molecule has 1 aliphatic rings. The van der Waals surface area contributed by atoms with E-state index >= 15 is 0 Å². The summed E-state index contributed by atoms with van der Waals surface area (Å²) in [5.74, 6) is -0.708. The predicted octanol–water partition coefficient (Wildman–Crippen LogP) is 5.52. The number of halogens is 2. The fourth-order valence-electron chi connectivity index (χ4n) is 4.15. The Morgan fingerprint density at radius 1 is 1.22 bits per heavy atom. The van der Waals surface area contributed by atoms with Gasteiger partial charge in [0.25, 0.3) is 5.91 Å². The molecule has 3 aromatic rings. The van der Waals surface area contributed by atoms with Crippen LogP contribution in [0.4, 0.5) is 8.78 Å². The standard InChI is InChI=1S/C25H27F2N3OS/c1-17-6-4-12-30(16-17)13-5-11-28-25(31)20-15-24(29-22-8-3-2-7-19(20)22)32-23-10-9-18(26)14-21(23)27/h2-3,7-10,14-15,17H,4-6,11-13,16H2,1H3,(H,28,31)/t17-/m1/s1. The number of nitrogens with zero attached hydrogens (tertiary/aromatic N) is 2. The molecule has 1 saturated heterocycles. The van der Waals surface area contributed by atoms with Gasteiger partial charge in [-0.2, -0.15) is 0 Å². The summed E-state index contributed by atoms with van der Waals surface area (Å²) in [5, 5.41) is 4.26. The average molecular weight is 456 g/mol. The van der Waals surface area contributed by atoms with Crippen molar-refractivity contribution >= 4 is 28.6 Å². The number of carbonyl (C=O) groups is 1. The van der Waals surface area contributed by atoms with E-state index in [2.05, 4.69) is 22.1 Å². The van der Waals surface area contributed by atoms with Crippen LogP contribution < -0.4 is 5.32 Å². The van der Waals surface area contributed by atoms with E-state index in [-0.39, 0.29) is 10.8 Å². The molecule has 1 amide bonds. The van der Waals surface area contributed by atoms with Crippen molar-refractivity contribution in [3.05, 3.63) is 65.7 Å². The molecule has 0 bridgehead atoms. The van der Waals surface area contributed by atoms with Crippen molar-refractivity contribution in [1.82, 2.24) is 15.2 Å². The predicted molar refractivity (Wildman–Crippen MR) is 124 cm³/mol. The Balaban J connectivity index is 1.46. The second kappa shape index (κ2) is 10.4. The van der Waals surface area contributed by atoms with Gasteiger partial charge in [0, 0.05) is 29.4 Å². The summed E-state index contributed by atoms with van der Waals surface area (Å²) >= 11 is 1.08. The van der Waals surface area contributed by atoms with Gasteiger partial charge in [0.15, 0.2) is 0 Å². The lowest BCUT2D eigenvalue weighted by molar-refractivity contribution is 0.0951. The van der Waals surface area contributed by atoms with Crippen molar-refractivity contribution in [2.45, 2.75) is 36.1 Å². The van der Waals surface area contributed by atoms with Gasteiger partial charge in [0.2, 0.25) is 0 Å². The first-order valence-electron chi connectivity index (χ1n) is 11.0. The third-order valence-corrected chi connectivity index (χ3v) is 6.69. The summed E-state index contributed by atoms with van der Waals surface area (Å²) in [6.07, 6.45) is 3.43.